The molecule has 1 fully saturated rings. The molecule has 1 aromatic heterocycles. The Kier molecular flexibility index (Phi) is 5.40. The molecular weight excluding hydrogens is 344 g/mol. The molecule has 9 heteroatoms. The van der Waals surface area contributed by atoms with E-state index in [4.69, 9.17) is 21.1 Å². The fourth-order valence-corrected chi connectivity index (χ4v) is 2.82. The maximum absolute atomic E-state index is 6.14. The van der Waals surface area contributed by atoms with Gasteiger partial charge >= 0.3 is 0 Å². The summed E-state index contributed by atoms with van der Waals surface area (Å²) in [6.07, 6.45) is 1.57. The molecule has 25 heavy (non-hydrogen) atoms. The van der Waals surface area contributed by atoms with Crippen molar-refractivity contribution in [2.75, 3.05) is 57.7 Å². The summed E-state index contributed by atoms with van der Waals surface area (Å²) in [4.78, 5) is 8.96. The van der Waals surface area contributed by atoms with Gasteiger partial charge in [0.25, 0.3) is 0 Å². The SMILES string of the molecule is COc1cc(Nc2cnnc(N3CCN(C)CC3)n2)c(OC)cc1Cl. The minimum atomic E-state index is 0.476. The van der Waals surface area contributed by atoms with Crippen molar-refractivity contribution in [3.63, 3.8) is 0 Å². The summed E-state index contributed by atoms with van der Waals surface area (Å²) in [7, 11) is 5.25. The first-order valence-electron chi connectivity index (χ1n) is 7.92. The first kappa shape index (κ1) is 17.5. The highest BCUT2D eigenvalue weighted by molar-refractivity contribution is 6.32. The summed E-state index contributed by atoms with van der Waals surface area (Å²) in [6.45, 7) is 3.70. The van der Waals surface area contributed by atoms with E-state index in [1.807, 2.05) is 0 Å². The van der Waals surface area contributed by atoms with E-state index in [9.17, 15) is 0 Å². The molecular formula is C16H21ClN6O2. The van der Waals surface area contributed by atoms with Crippen LogP contribution >= 0.6 is 11.6 Å². The van der Waals surface area contributed by atoms with E-state index in [1.165, 1.54) is 0 Å². The second-order valence-electron chi connectivity index (χ2n) is 5.74. The van der Waals surface area contributed by atoms with E-state index in [2.05, 4.69) is 37.3 Å². The smallest absolute Gasteiger partial charge is 0.247 e. The van der Waals surface area contributed by atoms with Crippen molar-refractivity contribution in [1.82, 2.24) is 20.1 Å². The van der Waals surface area contributed by atoms with Crippen LogP contribution in [0.3, 0.4) is 0 Å². The van der Waals surface area contributed by atoms with Crippen LogP contribution < -0.4 is 19.7 Å². The maximum Gasteiger partial charge on any atom is 0.247 e. The number of piperazine rings is 1. The number of aromatic nitrogens is 3. The fourth-order valence-electron chi connectivity index (χ4n) is 2.59. The number of halogens is 1. The Hall–Kier alpha value is -2.32. The van der Waals surface area contributed by atoms with Crippen molar-refractivity contribution in [2.45, 2.75) is 0 Å². The highest BCUT2D eigenvalue weighted by Gasteiger charge is 2.18. The second-order valence-corrected chi connectivity index (χ2v) is 6.15. The minimum Gasteiger partial charge on any atom is -0.495 e. The van der Waals surface area contributed by atoms with Gasteiger partial charge in [0, 0.05) is 38.3 Å². The highest BCUT2D eigenvalue weighted by atomic mass is 35.5. The van der Waals surface area contributed by atoms with Gasteiger partial charge < -0.3 is 24.6 Å². The van der Waals surface area contributed by atoms with Crippen LogP contribution in [-0.4, -0.2) is 67.5 Å². The first-order valence-corrected chi connectivity index (χ1v) is 8.30. The lowest BCUT2D eigenvalue weighted by Gasteiger charge is -2.32. The lowest BCUT2D eigenvalue weighted by atomic mass is 10.2. The Balaban J connectivity index is 1.83. The number of ether oxygens (including phenoxy) is 2. The van der Waals surface area contributed by atoms with Crippen LogP contribution in [0.1, 0.15) is 0 Å². The largest absolute Gasteiger partial charge is 0.495 e. The molecule has 1 saturated heterocycles. The van der Waals surface area contributed by atoms with E-state index in [1.54, 1.807) is 32.5 Å². The van der Waals surface area contributed by atoms with Gasteiger partial charge in [-0.1, -0.05) is 11.6 Å². The van der Waals surface area contributed by atoms with Crippen molar-refractivity contribution in [3.8, 4) is 11.5 Å². The van der Waals surface area contributed by atoms with E-state index >= 15 is 0 Å². The van der Waals surface area contributed by atoms with Gasteiger partial charge in [-0.05, 0) is 7.05 Å². The molecule has 0 unspecified atom stereocenters. The number of likely N-dealkylation sites (N-methyl/N-ethyl adjacent to an activating group) is 1. The summed E-state index contributed by atoms with van der Waals surface area (Å²) >= 11 is 6.14. The lowest BCUT2D eigenvalue weighted by molar-refractivity contribution is 0.311. The van der Waals surface area contributed by atoms with E-state index in [0.29, 0.717) is 34.0 Å². The molecule has 134 valence electrons. The molecule has 8 nitrogen and oxygen atoms in total. The molecule has 1 aliphatic rings. The Morgan fingerprint density at radius 2 is 1.80 bits per heavy atom. The number of benzene rings is 1. The zero-order chi connectivity index (χ0) is 17.8. The van der Waals surface area contributed by atoms with Crippen molar-refractivity contribution in [2.24, 2.45) is 0 Å². The molecule has 1 N–H and O–H groups in total. The van der Waals surface area contributed by atoms with E-state index in [-0.39, 0.29) is 0 Å². The van der Waals surface area contributed by atoms with Crippen LogP contribution in [0.5, 0.6) is 11.5 Å². The van der Waals surface area contributed by atoms with Crippen LogP contribution in [0.2, 0.25) is 5.02 Å². The third kappa shape index (κ3) is 4.02. The topological polar surface area (TPSA) is 75.6 Å². The second kappa shape index (κ2) is 7.71. The maximum atomic E-state index is 6.14. The number of rotatable bonds is 5. The Morgan fingerprint density at radius 3 is 2.48 bits per heavy atom. The molecule has 3 rings (SSSR count). The zero-order valence-electron chi connectivity index (χ0n) is 14.5. The molecule has 1 aliphatic heterocycles. The highest BCUT2D eigenvalue weighted by Crippen LogP contribution is 2.37. The number of hydrogen-bond acceptors (Lipinski definition) is 8. The molecule has 0 radical (unpaired) electrons. The first-order chi connectivity index (χ1) is 12.1. The van der Waals surface area contributed by atoms with Gasteiger partial charge in [-0.25, -0.2) is 0 Å². The van der Waals surface area contributed by atoms with E-state index in [0.717, 1.165) is 26.2 Å². The average Bonchev–Trinajstić information content (AvgIpc) is 2.63. The third-order valence-corrected chi connectivity index (χ3v) is 4.37. The Labute approximate surface area is 151 Å². The van der Waals surface area contributed by atoms with Crippen molar-refractivity contribution >= 4 is 29.1 Å². The predicted molar refractivity (Wildman–Crippen MR) is 97.4 cm³/mol. The molecule has 0 spiro atoms. The van der Waals surface area contributed by atoms with Crippen molar-refractivity contribution < 1.29 is 9.47 Å². The van der Waals surface area contributed by atoms with Crippen LogP contribution in [0.4, 0.5) is 17.5 Å². The Morgan fingerprint density at radius 1 is 1.08 bits per heavy atom. The number of nitrogens with zero attached hydrogens (tertiary/aromatic N) is 5. The molecule has 0 saturated carbocycles. The normalized spacial score (nSPS) is 15.1. The number of methoxy groups -OCH3 is 2. The number of anilines is 3. The van der Waals surface area contributed by atoms with Gasteiger partial charge in [0.15, 0.2) is 5.82 Å². The van der Waals surface area contributed by atoms with Gasteiger partial charge in [-0.3, -0.25) is 0 Å². The van der Waals surface area contributed by atoms with Crippen molar-refractivity contribution in [1.29, 1.82) is 0 Å². The van der Waals surface area contributed by atoms with E-state index < -0.39 is 0 Å². The molecule has 2 heterocycles. The standard InChI is InChI=1S/C16H21ClN6O2/c1-22-4-6-23(7-5-22)16-20-15(10-18-21-16)19-12-9-13(24-2)11(17)8-14(12)25-3/h8-10H,4-7H2,1-3H3,(H,19,20,21). The molecule has 0 amide bonds. The molecule has 0 atom stereocenters. The Bertz CT molecular complexity index is 737. The minimum absolute atomic E-state index is 0.476. The number of hydrogen-bond donors (Lipinski definition) is 1. The summed E-state index contributed by atoms with van der Waals surface area (Å²) in [5.41, 5.74) is 0.688. The lowest BCUT2D eigenvalue weighted by Crippen LogP contribution is -2.45. The summed E-state index contributed by atoms with van der Waals surface area (Å²) in [5.74, 6) is 2.32. The summed E-state index contributed by atoms with van der Waals surface area (Å²) < 4.78 is 10.6. The van der Waals surface area contributed by atoms with Crippen LogP contribution in [0.25, 0.3) is 0 Å². The number of nitrogens with one attached hydrogen (secondary N) is 1. The molecule has 1 aromatic carbocycles. The van der Waals surface area contributed by atoms with Crippen LogP contribution in [0.15, 0.2) is 18.3 Å². The molecule has 2 aromatic rings. The summed E-state index contributed by atoms with van der Waals surface area (Å²) in [5, 5.41) is 11.9. The fraction of sp³-hybridized carbons (Fsp3) is 0.438. The molecule has 0 bridgehead atoms. The van der Waals surface area contributed by atoms with Gasteiger partial charge in [0.2, 0.25) is 5.95 Å². The summed E-state index contributed by atoms with van der Waals surface area (Å²) in [6, 6.07) is 3.46. The third-order valence-electron chi connectivity index (χ3n) is 4.07. The average molecular weight is 365 g/mol. The van der Waals surface area contributed by atoms with Gasteiger partial charge in [-0.2, -0.15) is 10.1 Å². The molecule has 0 aliphatic carbocycles. The van der Waals surface area contributed by atoms with Crippen LogP contribution in [0, 0.1) is 0 Å². The van der Waals surface area contributed by atoms with Gasteiger partial charge in [0.1, 0.15) is 11.5 Å². The zero-order valence-corrected chi connectivity index (χ0v) is 15.2. The van der Waals surface area contributed by atoms with Gasteiger partial charge in [-0.15, -0.1) is 5.10 Å². The predicted octanol–water partition coefficient (Wildman–Crippen LogP) is 2.04. The van der Waals surface area contributed by atoms with Crippen LogP contribution in [-0.2, 0) is 0 Å². The van der Waals surface area contributed by atoms with Crippen molar-refractivity contribution in [3.05, 3.63) is 23.4 Å². The van der Waals surface area contributed by atoms with Gasteiger partial charge in [0.05, 0.1) is 31.1 Å². The monoisotopic (exact) mass is 364 g/mol. The quantitative estimate of drug-likeness (QED) is 0.863.